The summed E-state index contributed by atoms with van der Waals surface area (Å²) in [7, 11) is 4.02. The van der Waals surface area contributed by atoms with Crippen molar-refractivity contribution in [1.29, 1.82) is 0 Å². The van der Waals surface area contributed by atoms with Gasteiger partial charge in [0.25, 0.3) is 0 Å². The molecule has 1 aliphatic carbocycles. The first-order chi connectivity index (χ1) is 9.93. The maximum Gasteiger partial charge on any atom is 0.128 e. The van der Waals surface area contributed by atoms with Crippen molar-refractivity contribution in [3.05, 3.63) is 34.9 Å². The lowest BCUT2D eigenvalue weighted by Gasteiger charge is -2.38. The van der Waals surface area contributed by atoms with E-state index in [1.54, 1.807) is 6.92 Å². The zero-order valence-electron chi connectivity index (χ0n) is 13.4. The molecular weight excluding hydrogens is 270 g/mol. The van der Waals surface area contributed by atoms with Gasteiger partial charge in [0.2, 0.25) is 0 Å². The van der Waals surface area contributed by atoms with Crippen LogP contribution in [-0.4, -0.2) is 31.1 Å². The molecule has 1 unspecified atom stereocenters. The average Bonchev–Trinajstić information content (AvgIpc) is 2.49. The van der Waals surface area contributed by atoms with Crippen molar-refractivity contribution in [2.24, 2.45) is 0 Å². The molecule has 0 heterocycles. The van der Waals surface area contributed by atoms with Crippen LogP contribution in [0.25, 0.3) is 0 Å². The van der Waals surface area contributed by atoms with Crippen LogP contribution in [0.4, 0.5) is 8.78 Å². The summed E-state index contributed by atoms with van der Waals surface area (Å²) in [5.74, 6) is -0.636. The van der Waals surface area contributed by atoms with E-state index in [0.717, 1.165) is 25.7 Å². The molecule has 2 nitrogen and oxygen atoms in total. The van der Waals surface area contributed by atoms with Gasteiger partial charge in [-0.25, -0.2) is 8.78 Å². The van der Waals surface area contributed by atoms with Crippen LogP contribution >= 0.6 is 0 Å². The minimum atomic E-state index is -0.328. The van der Waals surface area contributed by atoms with Crippen LogP contribution in [0, 0.1) is 18.6 Å². The summed E-state index contributed by atoms with van der Waals surface area (Å²) >= 11 is 0. The van der Waals surface area contributed by atoms with E-state index in [0.29, 0.717) is 23.2 Å². The molecule has 0 aromatic heterocycles. The molecule has 0 saturated heterocycles. The molecule has 1 N–H and O–H groups in total. The Labute approximate surface area is 126 Å². The minimum Gasteiger partial charge on any atom is -0.317 e. The predicted molar refractivity (Wildman–Crippen MR) is 82.4 cm³/mol. The largest absolute Gasteiger partial charge is 0.317 e. The predicted octanol–water partition coefficient (Wildman–Crippen LogP) is 3.80. The normalized spacial score (nSPS) is 24.3. The monoisotopic (exact) mass is 296 g/mol. The summed E-state index contributed by atoms with van der Waals surface area (Å²) < 4.78 is 27.9. The molecule has 0 amide bonds. The summed E-state index contributed by atoms with van der Waals surface area (Å²) in [6.07, 6.45) is 4.48. The first-order valence-electron chi connectivity index (χ1n) is 7.78. The number of rotatable bonds is 4. The third-order valence-corrected chi connectivity index (χ3v) is 5.02. The fourth-order valence-corrected chi connectivity index (χ4v) is 3.29. The molecule has 1 aromatic carbocycles. The van der Waals surface area contributed by atoms with E-state index in [1.165, 1.54) is 12.1 Å². The summed E-state index contributed by atoms with van der Waals surface area (Å²) in [6.45, 7) is 3.55. The lowest BCUT2D eigenvalue weighted by atomic mass is 9.89. The molecule has 1 saturated carbocycles. The number of aryl methyl sites for hydroxylation is 1. The van der Waals surface area contributed by atoms with Crippen LogP contribution in [0.3, 0.4) is 0 Å². The topological polar surface area (TPSA) is 15.3 Å². The Bertz CT molecular complexity index is 482. The van der Waals surface area contributed by atoms with E-state index >= 15 is 0 Å². The second kappa shape index (κ2) is 6.84. The van der Waals surface area contributed by atoms with Crippen molar-refractivity contribution in [3.63, 3.8) is 0 Å². The Morgan fingerprint density at radius 2 is 1.76 bits per heavy atom. The van der Waals surface area contributed by atoms with Crippen molar-refractivity contribution in [2.75, 3.05) is 14.1 Å². The zero-order valence-corrected chi connectivity index (χ0v) is 13.4. The first kappa shape index (κ1) is 16.4. The van der Waals surface area contributed by atoms with Crippen molar-refractivity contribution >= 4 is 0 Å². The number of nitrogens with zero attached hydrogens (tertiary/aromatic N) is 1. The van der Waals surface area contributed by atoms with Gasteiger partial charge in [-0.1, -0.05) is 0 Å². The SMILES string of the molecule is CNC1CCC(N(C)C(C)c2cc(F)c(C)cc2F)CC1. The standard InChI is InChI=1S/C17H26F2N2/c1-11-9-17(19)15(10-16(11)18)12(2)21(4)14-7-5-13(20-3)6-8-14/h9-10,12-14,20H,5-8H2,1-4H3. The third-order valence-electron chi connectivity index (χ3n) is 5.02. The number of benzene rings is 1. The minimum absolute atomic E-state index is 0.115. The quantitative estimate of drug-likeness (QED) is 0.909. The van der Waals surface area contributed by atoms with Crippen molar-refractivity contribution < 1.29 is 8.78 Å². The highest BCUT2D eigenvalue weighted by atomic mass is 19.1. The van der Waals surface area contributed by atoms with E-state index in [1.807, 2.05) is 21.0 Å². The molecular formula is C17H26F2N2. The average molecular weight is 296 g/mol. The van der Waals surface area contributed by atoms with Crippen LogP contribution in [-0.2, 0) is 0 Å². The van der Waals surface area contributed by atoms with Gasteiger partial charge in [0.1, 0.15) is 11.6 Å². The van der Waals surface area contributed by atoms with Gasteiger partial charge in [0, 0.05) is 23.7 Å². The van der Waals surface area contributed by atoms with E-state index in [4.69, 9.17) is 0 Å². The molecule has 0 radical (unpaired) electrons. The second-order valence-electron chi connectivity index (χ2n) is 6.26. The van der Waals surface area contributed by atoms with Crippen molar-refractivity contribution in [3.8, 4) is 0 Å². The molecule has 1 fully saturated rings. The third kappa shape index (κ3) is 3.61. The van der Waals surface area contributed by atoms with Gasteiger partial charge in [-0.3, -0.25) is 4.90 Å². The molecule has 1 aromatic rings. The first-order valence-corrected chi connectivity index (χ1v) is 7.78. The van der Waals surface area contributed by atoms with Crippen LogP contribution in [0.1, 0.15) is 49.8 Å². The highest BCUT2D eigenvalue weighted by Gasteiger charge is 2.27. The van der Waals surface area contributed by atoms with Crippen LogP contribution < -0.4 is 5.32 Å². The summed E-state index contributed by atoms with van der Waals surface area (Å²) in [5.41, 5.74) is 0.817. The van der Waals surface area contributed by atoms with Gasteiger partial charge in [-0.2, -0.15) is 0 Å². The number of hydrogen-bond donors (Lipinski definition) is 1. The Balaban J connectivity index is 2.09. The highest BCUT2D eigenvalue weighted by Crippen LogP contribution is 2.30. The molecule has 4 heteroatoms. The molecule has 2 rings (SSSR count). The lowest BCUT2D eigenvalue weighted by molar-refractivity contribution is 0.134. The molecule has 118 valence electrons. The van der Waals surface area contributed by atoms with E-state index in [2.05, 4.69) is 10.2 Å². The van der Waals surface area contributed by atoms with Gasteiger partial charge < -0.3 is 5.32 Å². The van der Waals surface area contributed by atoms with Gasteiger partial charge >= 0.3 is 0 Å². The molecule has 0 bridgehead atoms. The summed E-state index contributed by atoms with van der Waals surface area (Å²) in [6, 6.07) is 3.57. The van der Waals surface area contributed by atoms with E-state index in [9.17, 15) is 8.78 Å². The van der Waals surface area contributed by atoms with Gasteiger partial charge in [0.15, 0.2) is 0 Å². The molecule has 0 spiro atoms. The fraction of sp³-hybridized carbons (Fsp3) is 0.647. The van der Waals surface area contributed by atoms with E-state index < -0.39 is 0 Å². The maximum absolute atomic E-state index is 14.1. The van der Waals surface area contributed by atoms with Crippen molar-refractivity contribution in [2.45, 2.75) is 57.7 Å². The second-order valence-corrected chi connectivity index (χ2v) is 6.26. The maximum atomic E-state index is 14.1. The van der Waals surface area contributed by atoms with Crippen LogP contribution in [0.5, 0.6) is 0 Å². The Morgan fingerprint density at radius 1 is 1.14 bits per heavy atom. The van der Waals surface area contributed by atoms with Crippen LogP contribution in [0.15, 0.2) is 12.1 Å². The number of nitrogens with one attached hydrogen (secondary N) is 1. The molecule has 1 aliphatic rings. The Morgan fingerprint density at radius 3 is 2.33 bits per heavy atom. The van der Waals surface area contributed by atoms with Gasteiger partial charge in [-0.15, -0.1) is 0 Å². The molecule has 21 heavy (non-hydrogen) atoms. The zero-order chi connectivity index (χ0) is 15.6. The Hall–Kier alpha value is -1.00. The summed E-state index contributed by atoms with van der Waals surface area (Å²) in [5, 5.41) is 3.32. The fourth-order valence-electron chi connectivity index (χ4n) is 3.29. The number of hydrogen-bond acceptors (Lipinski definition) is 2. The van der Waals surface area contributed by atoms with Gasteiger partial charge in [0.05, 0.1) is 0 Å². The van der Waals surface area contributed by atoms with Gasteiger partial charge in [-0.05, 0) is 71.3 Å². The van der Waals surface area contributed by atoms with Crippen molar-refractivity contribution in [1.82, 2.24) is 10.2 Å². The molecule has 1 atom stereocenters. The lowest BCUT2D eigenvalue weighted by Crippen LogP contribution is -2.41. The Kier molecular flexibility index (Phi) is 5.33. The van der Waals surface area contributed by atoms with Crippen LogP contribution in [0.2, 0.25) is 0 Å². The molecule has 0 aliphatic heterocycles. The highest BCUT2D eigenvalue weighted by molar-refractivity contribution is 5.27. The summed E-state index contributed by atoms with van der Waals surface area (Å²) in [4.78, 5) is 2.19. The number of halogens is 2. The van der Waals surface area contributed by atoms with E-state index in [-0.39, 0.29) is 17.7 Å². The smallest absolute Gasteiger partial charge is 0.128 e.